The smallest absolute Gasteiger partial charge is 0.0493 e. The molecule has 2 aliphatic heterocycles. The fraction of sp³-hybridized carbons (Fsp3) is 0.0588. The van der Waals surface area contributed by atoms with Crippen LogP contribution in [0.2, 0.25) is 0 Å². The van der Waals surface area contributed by atoms with Crippen LogP contribution in [-0.4, -0.2) is 6.54 Å². The van der Waals surface area contributed by atoms with E-state index in [9.17, 15) is 0 Å². The van der Waals surface area contributed by atoms with Crippen LogP contribution in [0.5, 0.6) is 0 Å². The second-order valence-corrected chi connectivity index (χ2v) is 4.68. The molecule has 0 unspecified atom stereocenters. The quantitative estimate of drug-likeness (QED) is 0.709. The summed E-state index contributed by atoms with van der Waals surface area (Å²) in [4.78, 5) is 2.39. The first-order valence-electron chi connectivity index (χ1n) is 6.28. The first-order valence-corrected chi connectivity index (χ1v) is 6.28. The third-order valence-corrected chi connectivity index (χ3v) is 3.67. The van der Waals surface area contributed by atoms with Gasteiger partial charge in [0, 0.05) is 23.1 Å². The van der Waals surface area contributed by atoms with Crippen LogP contribution in [0.15, 0.2) is 54.6 Å². The third-order valence-electron chi connectivity index (χ3n) is 3.67. The number of anilines is 1. The van der Waals surface area contributed by atoms with Crippen LogP contribution in [0.3, 0.4) is 0 Å². The number of hydrogen-bond acceptors (Lipinski definition) is 1. The van der Waals surface area contributed by atoms with E-state index >= 15 is 0 Å². The van der Waals surface area contributed by atoms with Gasteiger partial charge in [0.2, 0.25) is 0 Å². The first-order chi connectivity index (χ1) is 8.93. The van der Waals surface area contributed by atoms with Crippen LogP contribution in [0.1, 0.15) is 5.56 Å². The van der Waals surface area contributed by atoms with E-state index in [0.29, 0.717) is 0 Å². The number of para-hydroxylation sites is 1. The molecule has 2 aromatic carbocycles. The van der Waals surface area contributed by atoms with Gasteiger partial charge in [-0.2, -0.15) is 0 Å². The van der Waals surface area contributed by atoms with Crippen molar-refractivity contribution in [3.8, 4) is 0 Å². The summed E-state index contributed by atoms with van der Waals surface area (Å²) in [6, 6.07) is 17.2. The van der Waals surface area contributed by atoms with E-state index in [1.165, 1.54) is 27.4 Å². The molecule has 2 heteroatoms. The van der Waals surface area contributed by atoms with Gasteiger partial charge in [-0.25, -0.2) is 0 Å². The Hall–Kier alpha value is -1.99. The lowest BCUT2D eigenvalue weighted by molar-refractivity contribution is 1.10. The van der Waals surface area contributed by atoms with E-state index in [0.717, 1.165) is 6.54 Å². The summed E-state index contributed by atoms with van der Waals surface area (Å²) in [5.41, 5.74) is 3.92. The minimum absolute atomic E-state index is 0. The molecule has 2 aliphatic rings. The van der Waals surface area contributed by atoms with Crippen LogP contribution in [0, 0.1) is 0 Å². The minimum atomic E-state index is 0. The molecule has 0 fully saturated rings. The second-order valence-electron chi connectivity index (χ2n) is 4.68. The average molecular weight is 268 g/mol. The fourth-order valence-electron chi connectivity index (χ4n) is 2.79. The van der Waals surface area contributed by atoms with Crippen molar-refractivity contribution in [2.24, 2.45) is 0 Å². The maximum Gasteiger partial charge on any atom is 0.0493 e. The van der Waals surface area contributed by atoms with Gasteiger partial charge < -0.3 is 4.90 Å². The topological polar surface area (TPSA) is 3.24 Å². The van der Waals surface area contributed by atoms with Gasteiger partial charge in [0.15, 0.2) is 0 Å². The molecule has 0 amide bonds. The zero-order valence-corrected chi connectivity index (χ0v) is 11.2. The minimum Gasteiger partial charge on any atom is -0.337 e. The Labute approximate surface area is 118 Å². The molecule has 0 atom stereocenters. The van der Waals surface area contributed by atoms with Gasteiger partial charge in [0.05, 0.1) is 0 Å². The van der Waals surface area contributed by atoms with Crippen molar-refractivity contribution in [2.45, 2.75) is 0 Å². The van der Waals surface area contributed by atoms with Gasteiger partial charge in [-0.05, 0) is 22.9 Å². The summed E-state index contributed by atoms with van der Waals surface area (Å²) in [5.74, 6) is 0. The van der Waals surface area contributed by atoms with Crippen molar-refractivity contribution < 1.29 is 0 Å². The molecule has 4 rings (SSSR count). The molecule has 0 saturated carbocycles. The maximum atomic E-state index is 2.39. The molecule has 0 N–H and O–H groups in total. The molecule has 0 radical (unpaired) electrons. The van der Waals surface area contributed by atoms with Gasteiger partial charge in [-0.15, -0.1) is 12.4 Å². The molecule has 19 heavy (non-hydrogen) atoms. The standard InChI is InChI=1S/C17H13N.ClH/c1-3-7-15-13(5-1)11-12-18-16-8-4-2-6-14(16)9-10-17(15)18;/h1-11H,12H2;1H. The number of benzene rings is 2. The SMILES string of the molecule is C1=Cc2ccccc2N2CC=c3ccccc3=C12.Cl. The molecule has 2 heterocycles. The number of halogens is 1. The van der Waals surface area contributed by atoms with Crippen LogP contribution < -0.4 is 15.3 Å². The molecule has 0 aliphatic carbocycles. The van der Waals surface area contributed by atoms with E-state index in [1.54, 1.807) is 0 Å². The van der Waals surface area contributed by atoms with Gasteiger partial charge >= 0.3 is 0 Å². The predicted octanol–water partition coefficient (Wildman–Crippen LogP) is 2.54. The number of hydrogen-bond donors (Lipinski definition) is 0. The zero-order chi connectivity index (χ0) is 11.9. The lowest BCUT2D eigenvalue weighted by atomic mass is 10.0. The highest BCUT2D eigenvalue weighted by Gasteiger charge is 2.18. The van der Waals surface area contributed by atoms with Crippen molar-refractivity contribution in [3.63, 3.8) is 0 Å². The number of nitrogens with zero attached hydrogens (tertiary/aromatic N) is 1. The Morgan fingerprint density at radius 2 is 1.63 bits per heavy atom. The van der Waals surface area contributed by atoms with Gasteiger partial charge in [-0.3, -0.25) is 0 Å². The van der Waals surface area contributed by atoms with Crippen molar-refractivity contribution in [1.29, 1.82) is 0 Å². The highest BCUT2D eigenvalue weighted by atomic mass is 35.5. The second kappa shape index (κ2) is 4.60. The third kappa shape index (κ3) is 1.78. The fourth-order valence-corrected chi connectivity index (χ4v) is 2.79. The van der Waals surface area contributed by atoms with Crippen LogP contribution in [0.4, 0.5) is 5.69 Å². The molecule has 1 nitrogen and oxygen atoms in total. The van der Waals surface area contributed by atoms with Gasteiger partial charge in [-0.1, -0.05) is 54.6 Å². The highest BCUT2D eigenvalue weighted by Crippen LogP contribution is 2.30. The van der Waals surface area contributed by atoms with E-state index < -0.39 is 0 Å². The molecule has 0 aromatic heterocycles. The summed E-state index contributed by atoms with van der Waals surface area (Å²) in [7, 11) is 0. The lowest BCUT2D eigenvalue weighted by Crippen LogP contribution is -2.40. The van der Waals surface area contributed by atoms with E-state index in [4.69, 9.17) is 0 Å². The molecule has 0 bridgehead atoms. The highest BCUT2D eigenvalue weighted by molar-refractivity contribution is 5.89. The molecule has 94 valence electrons. The van der Waals surface area contributed by atoms with Gasteiger partial charge in [0.1, 0.15) is 0 Å². The Kier molecular flexibility index (Phi) is 2.92. The Bertz CT molecular complexity index is 774. The van der Waals surface area contributed by atoms with E-state index in [-0.39, 0.29) is 12.4 Å². The van der Waals surface area contributed by atoms with Crippen LogP contribution in [0.25, 0.3) is 17.8 Å². The molecular weight excluding hydrogens is 254 g/mol. The molecule has 0 saturated heterocycles. The lowest BCUT2D eigenvalue weighted by Gasteiger charge is -2.31. The number of fused-ring (bicyclic) bond motifs is 4. The van der Waals surface area contributed by atoms with Crippen molar-refractivity contribution >= 4 is 35.9 Å². The average Bonchev–Trinajstić information content (AvgIpc) is 2.46. The predicted molar refractivity (Wildman–Crippen MR) is 83.6 cm³/mol. The van der Waals surface area contributed by atoms with E-state index in [2.05, 4.69) is 71.7 Å². The Morgan fingerprint density at radius 1 is 0.842 bits per heavy atom. The van der Waals surface area contributed by atoms with Crippen molar-refractivity contribution in [1.82, 2.24) is 0 Å². The molecular formula is C17H14ClN. The zero-order valence-electron chi connectivity index (χ0n) is 10.4. The summed E-state index contributed by atoms with van der Waals surface area (Å²) >= 11 is 0. The van der Waals surface area contributed by atoms with Crippen LogP contribution in [-0.2, 0) is 0 Å². The normalized spacial score (nSPS) is 14.7. The van der Waals surface area contributed by atoms with Gasteiger partial charge in [0.25, 0.3) is 0 Å². The summed E-state index contributed by atoms with van der Waals surface area (Å²) in [5, 5.41) is 2.67. The summed E-state index contributed by atoms with van der Waals surface area (Å²) in [6.07, 6.45) is 6.74. The Balaban J connectivity index is 0.00000110. The summed E-state index contributed by atoms with van der Waals surface area (Å²) < 4.78 is 0. The first kappa shape index (κ1) is 12.1. The largest absolute Gasteiger partial charge is 0.337 e. The van der Waals surface area contributed by atoms with Crippen molar-refractivity contribution in [3.05, 3.63) is 70.6 Å². The monoisotopic (exact) mass is 267 g/mol. The summed E-state index contributed by atoms with van der Waals surface area (Å²) in [6.45, 7) is 0.952. The van der Waals surface area contributed by atoms with Crippen LogP contribution >= 0.6 is 12.4 Å². The Morgan fingerprint density at radius 3 is 2.58 bits per heavy atom. The van der Waals surface area contributed by atoms with E-state index in [1.807, 2.05) is 0 Å². The van der Waals surface area contributed by atoms with Crippen molar-refractivity contribution in [2.75, 3.05) is 11.4 Å². The number of rotatable bonds is 0. The molecule has 2 aromatic rings. The maximum absolute atomic E-state index is 2.39. The molecule has 0 spiro atoms.